The van der Waals surface area contributed by atoms with Crippen LogP contribution in [0.5, 0.6) is 5.75 Å². The lowest BCUT2D eigenvalue weighted by molar-refractivity contribution is -0.112. The highest BCUT2D eigenvalue weighted by Gasteiger charge is 2.13. The summed E-state index contributed by atoms with van der Waals surface area (Å²) in [6.45, 7) is 0.318. The van der Waals surface area contributed by atoms with Gasteiger partial charge in [0, 0.05) is 5.02 Å². The lowest BCUT2D eigenvalue weighted by atomic mass is 10.1. The number of anilines is 1. The summed E-state index contributed by atoms with van der Waals surface area (Å²) in [5, 5.41) is 13.5. The van der Waals surface area contributed by atoms with Gasteiger partial charge >= 0.3 is 0 Å². The molecule has 1 N–H and O–H groups in total. The molecule has 3 aromatic rings. The van der Waals surface area contributed by atoms with Gasteiger partial charge in [0.15, 0.2) is 0 Å². The number of nitrogens with one attached hydrogen (secondary N) is 1. The summed E-state index contributed by atoms with van der Waals surface area (Å²) in [5.74, 6) is -0.145. The van der Waals surface area contributed by atoms with Crippen molar-refractivity contribution in [3.63, 3.8) is 0 Å². The zero-order chi connectivity index (χ0) is 22.4. The molecule has 0 radical (unpaired) electrons. The maximum Gasteiger partial charge on any atom is 0.266 e. The lowest BCUT2D eigenvalue weighted by Gasteiger charge is -2.09. The summed E-state index contributed by atoms with van der Waals surface area (Å²) < 4.78 is 5.73. The van der Waals surface area contributed by atoms with Crippen LogP contribution in [0.3, 0.4) is 0 Å². The van der Waals surface area contributed by atoms with Crippen LogP contribution in [-0.4, -0.2) is 5.91 Å². The fourth-order valence-electron chi connectivity index (χ4n) is 2.57. The Hall–Kier alpha value is -2.68. The van der Waals surface area contributed by atoms with Gasteiger partial charge in [0.1, 0.15) is 24.0 Å². The van der Waals surface area contributed by atoms with E-state index in [2.05, 4.69) is 5.32 Å². The van der Waals surface area contributed by atoms with E-state index in [1.165, 1.54) is 6.08 Å². The standard InChI is InChI=1S/C23H14Cl4N2O2/c24-17-7-4-14(5-8-17)13-31-21-9-6-15(11-19(21)26)10-16(12-28)23(30)29-20-3-1-2-18(25)22(20)27/h1-11H,13H2,(H,29,30)/b16-10+. The molecule has 156 valence electrons. The third-order valence-electron chi connectivity index (χ3n) is 4.14. The van der Waals surface area contributed by atoms with Gasteiger partial charge in [-0.05, 0) is 53.6 Å². The van der Waals surface area contributed by atoms with E-state index >= 15 is 0 Å². The molecule has 0 aliphatic rings. The molecule has 0 fully saturated rings. The largest absolute Gasteiger partial charge is 0.487 e. The molecule has 8 heteroatoms. The summed E-state index contributed by atoms with van der Waals surface area (Å²) in [4.78, 5) is 12.5. The molecule has 0 heterocycles. The number of hydrogen-bond acceptors (Lipinski definition) is 3. The number of carbonyl (C=O) groups excluding carboxylic acids is 1. The van der Waals surface area contributed by atoms with Gasteiger partial charge < -0.3 is 10.1 Å². The molecule has 3 rings (SSSR count). The summed E-state index contributed by atoms with van der Waals surface area (Å²) in [5.41, 5.74) is 1.69. The predicted molar refractivity (Wildman–Crippen MR) is 126 cm³/mol. The summed E-state index contributed by atoms with van der Waals surface area (Å²) >= 11 is 24.2. The summed E-state index contributed by atoms with van der Waals surface area (Å²) in [7, 11) is 0. The maximum absolute atomic E-state index is 12.5. The van der Waals surface area contributed by atoms with Gasteiger partial charge in [-0.2, -0.15) is 5.26 Å². The van der Waals surface area contributed by atoms with E-state index < -0.39 is 5.91 Å². The van der Waals surface area contributed by atoms with Crippen LogP contribution in [0.2, 0.25) is 20.1 Å². The van der Waals surface area contributed by atoms with E-state index in [-0.39, 0.29) is 10.6 Å². The molecule has 0 aromatic heterocycles. The molecule has 31 heavy (non-hydrogen) atoms. The van der Waals surface area contributed by atoms with Crippen molar-refractivity contribution >= 4 is 64.1 Å². The van der Waals surface area contributed by atoms with E-state index in [1.54, 1.807) is 48.5 Å². The molecule has 0 saturated carbocycles. The zero-order valence-corrected chi connectivity index (χ0v) is 18.9. The lowest BCUT2D eigenvalue weighted by Crippen LogP contribution is -2.13. The van der Waals surface area contributed by atoms with Crippen molar-refractivity contribution < 1.29 is 9.53 Å². The monoisotopic (exact) mass is 490 g/mol. The first-order valence-corrected chi connectivity index (χ1v) is 10.4. The average Bonchev–Trinajstić information content (AvgIpc) is 2.75. The molecule has 1 amide bonds. The second-order valence-electron chi connectivity index (χ2n) is 6.33. The number of hydrogen-bond donors (Lipinski definition) is 1. The van der Waals surface area contributed by atoms with Crippen molar-refractivity contribution in [3.8, 4) is 11.8 Å². The number of ether oxygens (including phenoxy) is 1. The first kappa shape index (κ1) is 23.0. The van der Waals surface area contributed by atoms with Crippen LogP contribution in [0.15, 0.2) is 66.2 Å². The minimum absolute atomic E-state index is 0.123. The number of amides is 1. The van der Waals surface area contributed by atoms with E-state index in [0.29, 0.717) is 38.7 Å². The van der Waals surface area contributed by atoms with Crippen molar-refractivity contribution in [1.82, 2.24) is 0 Å². The van der Waals surface area contributed by atoms with Gasteiger partial charge in [0.05, 0.1) is 20.8 Å². The number of carbonyl (C=O) groups is 1. The smallest absolute Gasteiger partial charge is 0.266 e. The van der Waals surface area contributed by atoms with E-state index in [9.17, 15) is 10.1 Å². The van der Waals surface area contributed by atoms with Crippen molar-refractivity contribution in [1.29, 1.82) is 5.26 Å². The Morgan fingerprint density at radius 1 is 1.00 bits per heavy atom. The Balaban J connectivity index is 1.72. The fourth-order valence-corrected chi connectivity index (χ4v) is 3.29. The number of benzene rings is 3. The Kier molecular flexibility index (Phi) is 7.84. The maximum atomic E-state index is 12.5. The molecule has 3 aromatic carbocycles. The van der Waals surface area contributed by atoms with Crippen molar-refractivity contribution in [3.05, 3.63) is 97.5 Å². The number of nitrogens with zero attached hydrogens (tertiary/aromatic N) is 1. The predicted octanol–water partition coefficient (Wildman–Crippen LogP) is 7.42. The van der Waals surface area contributed by atoms with Crippen LogP contribution in [0.1, 0.15) is 11.1 Å². The van der Waals surface area contributed by atoms with Crippen LogP contribution in [0.25, 0.3) is 6.08 Å². The Labute approximate surface area is 199 Å². The van der Waals surface area contributed by atoms with Gasteiger partial charge in [-0.25, -0.2) is 0 Å². The molecular formula is C23H14Cl4N2O2. The van der Waals surface area contributed by atoms with E-state index in [4.69, 9.17) is 51.1 Å². The van der Waals surface area contributed by atoms with Crippen LogP contribution in [-0.2, 0) is 11.4 Å². The Morgan fingerprint density at radius 3 is 2.42 bits per heavy atom. The van der Waals surface area contributed by atoms with Gasteiger partial charge in [-0.15, -0.1) is 0 Å². The SMILES string of the molecule is N#C/C(=C\c1ccc(OCc2ccc(Cl)cc2)c(Cl)c1)C(=O)Nc1cccc(Cl)c1Cl. The van der Waals surface area contributed by atoms with Crippen LogP contribution >= 0.6 is 46.4 Å². The second kappa shape index (κ2) is 10.6. The molecular weight excluding hydrogens is 478 g/mol. The topological polar surface area (TPSA) is 62.1 Å². The molecule has 0 saturated heterocycles. The van der Waals surface area contributed by atoms with Crippen molar-refractivity contribution in [2.45, 2.75) is 6.61 Å². The van der Waals surface area contributed by atoms with Crippen molar-refractivity contribution in [2.24, 2.45) is 0 Å². The minimum atomic E-state index is -0.620. The second-order valence-corrected chi connectivity index (χ2v) is 7.96. The highest BCUT2D eigenvalue weighted by molar-refractivity contribution is 6.44. The van der Waals surface area contributed by atoms with Crippen LogP contribution in [0.4, 0.5) is 5.69 Å². The highest BCUT2D eigenvalue weighted by Crippen LogP contribution is 2.30. The summed E-state index contributed by atoms with van der Waals surface area (Å²) in [6, 6.07) is 19.0. The zero-order valence-electron chi connectivity index (χ0n) is 15.8. The molecule has 0 bridgehead atoms. The number of nitriles is 1. The first-order chi connectivity index (χ1) is 14.9. The third kappa shape index (κ3) is 6.16. The van der Waals surface area contributed by atoms with Gasteiger partial charge in [0.25, 0.3) is 5.91 Å². The fraction of sp³-hybridized carbons (Fsp3) is 0.0435. The molecule has 4 nitrogen and oxygen atoms in total. The molecule has 0 spiro atoms. The van der Waals surface area contributed by atoms with Gasteiger partial charge in [-0.3, -0.25) is 4.79 Å². The number of rotatable bonds is 6. The van der Waals surface area contributed by atoms with E-state index in [1.807, 2.05) is 18.2 Å². The quantitative estimate of drug-likeness (QED) is 0.288. The first-order valence-electron chi connectivity index (χ1n) is 8.91. The van der Waals surface area contributed by atoms with E-state index in [0.717, 1.165) is 5.56 Å². The van der Waals surface area contributed by atoms with Crippen LogP contribution in [0, 0.1) is 11.3 Å². The average molecular weight is 492 g/mol. The molecule has 0 unspecified atom stereocenters. The minimum Gasteiger partial charge on any atom is -0.487 e. The Morgan fingerprint density at radius 2 is 1.74 bits per heavy atom. The van der Waals surface area contributed by atoms with Crippen molar-refractivity contribution in [2.75, 3.05) is 5.32 Å². The normalized spacial score (nSPS) is 11.0. The Bertz CT molecular complexity index is 1190. The molecule has 0 aliphatic heterocycles. The molecule has 0 atom stereocenters. The number of halogens is 4. The van der Waals surface area contributed by atoms with Gasteiger partial charge in [0.2, 0.25) is 0 Å². The third-order valence-corrected chi connectivity index (χ3v) is 5.51. The summed E-state index contributed by atoms with van der Waals surface area (Å²) in [6.07, 6.45) is 1.42. The van der Waals surface area contributed by atoms with Gasteiger partial charge in [-0.1, -0.05) is 70.7 Å². The highest BCUT2D eigenvalue weighted by atomic mass is 35.5. The molecule has 0 aliphatic carbocycles. The van der Waals surface area contributed by atoms with Crippen LogP contribution < -0.4 is 10.1 Å².